The predicted octanol–water partition coefficient (Wildman–Crippen LogP) is 1.71. The van der Waals surface area contributed by atoms with Crippen LogP contribution in [-0.2, 0) is 9.59 Å². The maximum Gasteiger partial charge on any atom is 0.248 e. The van der Waals surface area contributed by atoms with Gasteiger partial charge < -0.3 is 0 Å². The summed E-state index contributed by atoms with van der Waals surface area (Å²) in [4.78, 5) is 22.8. The molecule has 0 saturated heterocycles. The molecule has 0 aliphatic heterocycles. The summed E-state index contributed by atoms with van der Waals surface area (Å²) in [5.74, 6) is -0.257. The first-order valence-corrected chi connectivity index (χ1v) is 6.29. The molecule has 0 aliphatic carbocycles. The van der Waals surface area contributed by atoms with E-state index in [-0.39, 0.29) is 17.6 Å². The van der Waals surface area contributed by atoms with Gasteiger partial charge in [0.15, 0.2) is 0 Å². The van der Waals surface area contributed by atoms with Crippen molar-refractivity contribution in [3.8, 4) is 0 Å². The van der Waals surface area contributed by atoms with E-state index in [0.717, 1.165) is 9.37 Å². The van der Waals surface area contributed by atoms with Gasteiger partial charge in [0, 0.05) is 16.3 Å². The Morgan fingerprint density at radius 1 is 1.25 bits per heavy atom. The SMILES string of the molecule is CC(=O)NNC(=O)CSc1ccc(Br)cc1. The Morgan fingerprint density at radius 3 is 2.44 bits per heavy atom. The lowest BCUT2D eigenvalue weighted by molar-refractivity contribution is -0.126. The van der Waals surface area contributed by atoms with Crippen LogP contribution >= 0.6 is 27.7 Å². The molecule has 1 aromatic rings. The summed E-state index contributed by atoms with van der Waals surface area (Å²) in [5, 5.41) is 0. The Bertz CT molecular complexity index is 381. The zero-order valence-corrected chi connectivity index (χ0v) is 11.0. The molecule has 2 amide bonds. The van der Waals surface area contributed by atoms with E-state index in [4.69, 9.17) is 0 Å². The van der Waals surface area contributed by atoms with Gasteiger partial charge in [-0.1, -0.05) is 15.9 Å². The third-order valence-corrected chi connectivity index (χ3v) is 3.10. The molecule has 1 rings (SSSR count). The minimum Gasteiger partial charge on any atom is -0.274 e. The molecule has 0 aliphatic rings. The van der Waals surface area contributed by atoms with Crippen LogP contribution in [-0.4, -0.2) is 17.6 Å². The molecule has 0 heterocycles. The zero-order valence-electron chi connectivity index (χ0n) is 8.62. The van der Waals surface area contributed by atoms with E-state index >= 15 is 0 Å². The van der Waals surface area contributed by atoms with Crippen LogP contribution in [0.25, 0.3) is 0 Å². The van der Waals surface area contributed by atoms with Gasteiger partial charge in [-0.25, -0.2) is 0 Å². The number of hydrazine groups is 1. The number of hydrogen-bond acceptors (Lipinski definition) is 3. The molecule has 0 saturated carbocycles. The standard InChI is InChI=1S/C10H11BrN2O2S/c1-7(14)12-13-10(15)6-16-9-4-2-8(11)3-5-9/h2-5H,6H2,1H3,(H,12,14)(H,13,15). The van der Waals surface area contributed by atoms with Crippen LogP contribution in [0, 0.1) is 0 Å². The number of thioether (sulfide) groups is 1. The maximum atomic E-state index is 11.2. The molecule has 1 aromatic carbocycles. The fourth-order valence-electron chi connectivity index (χ4n) is 0.874. The fraction of sp³-hybridized carbons (Fsp3) is 0.200. The summed E-state index contributed by atoms with van der Waals surface area (Å²) in [5.41, 5.74) is 4.53. The van der Waals surface area contributed by atoms with Gasteiger partial charge in [0.2, 0.25) is 11.8 Å². The van der Waals surface area contributed by atoms with Crippen molar-refractivity contribution in [2.75, 3.05) is 5.75 Å². The molecule has 0 spiro atoms. The van der Waals surface area contributed by atoms with Crippen molar-refractivity contribution >= 4 is 39.5 Å². The van der Waals surface area contributed by atoms with E-state index < -0.39 is 0 Å². The van der Waals surface area contributed by atoms with Crippen LogP contribution in [0.4, 0.5) is 0 Å². The Labute approximate surface area is 106 Å². The van der Waals surface area contributed by atoms with E-state index in [1.54, 1.807) is 0 Å². The van der Waals surface area contributed by atoms with Crippen LogP contribution in [0.15, 0.2) is 33.6 Å². The highest BCUT2D eigenvalue weighted by Crippen LogP contribution is 2.20. The average molecular weight is 303 g/mol. The number of hydrogen-bond donors (Lipinski definition) is 2. The zero-order chi connectivity index (χ0) is 12.0. The van der Waals surface area contributed by atoms with Gasteiger partial charge in [-0.2, -0.15) is 0 Å². The highest BCUT2D eigenvalue weighted by Gasteiger charge is 2.02. The first kappa shape index (κ1) is 13.1. The third-order valence-electron chi connectivity index (χ3n) is 1.56. The number of carbonyl (C=O) groups excluding carboxylic acids is 2. The molecule has 0 aromatic heterocycles. The van der Waals surface area contributed by atoms with Crippen LogP contribution in [0.2, 0.25) is 0 Å². The van der Waals surface area contributed by atoms with Gasteiger partial charge in [-0.05, 0) is 24.3 Å². The molecule has 0 unspecified atom stereocenters. The Hall–Kier alpha value is -1.01. The minimum absolute atomic E-state index is 0.233. The highest BCUT2D eigenvalue weighted by atomic mass is 79.9. The number of halogens is 1. The van der Waals surface area contributed by atoms with E-state index in [1.165, 1.54) is 18.7 Å². The first-order valence-electron chi connectivity index (χ1n) is 4.51. The second kappa shape index (κ2) is 6.55. The summed E-state index contributed by atoms with van der Waals surface area (Å²) in [7, 11) is 0. The Kier molecular flexibility index (Phi) is 5.34. The monoisotopic (exact) mass is 302 g/mol. The molecule has 0 fully saturated rings. The van der Waals surface area contributed by atoms with E-state index in [1.807, 2.05) is 24.3 Å². The average Bonchev–Trinajstić information content (AvgIpc) is 2.25. The number of carbonyl (C=O) groups is 2. The summed E-state index contributed by atoms with van der Waals surface area (Å²) in [6.07, 6.45) is 0. The van der Waals surface area contributed by atoms with Crippen molar-refractivity contribution in [2.45, 2.75) is 11.8 Å². The quantitative estimate of drug-likeness (QED) is 0.660. The Balaban J connectivity index is 2.31. The first-order chi connectivity index (χ1) is 7.58. The number of benzene rings is 1. The normalized spacial score (nSPS) is 9.62. The second-order valence-corrected chi connectivity index (χ2v) is 4.94. The predicted molar refractivity (Wildman–Crippen MR) is 66.8 cm³/mol. The molecule has 2 N–H and O–H groups in total. The van der Waals surface area contributed by atoms with Crippen molar-refractivity contribution in [3.05, 3.63) is 28.7 Å². The maximum absolute atomic E-state index is 11.2. The van der Waals surface area contributed by atoms with Crippen molar-refractivity contribution in [2.24, 2.45) is 0 Å². The van der Waals surface area contributed by atoms with E-state index in [2.05, 4.69) is 26.8 Å². The number of nitrogens with one attached hydrogen (secondary N) is 2. The van der Waals surface area contributed by atoms with Gasteiger partial charge in [-0.3, -0.25) is 20.4 Å². The van der Waals surface area contributed by atoms with Gasteiger partial charge in [0.05, 0.1) is 5.75 Å². The molecule has 86 valence electrons. The fourth-order valence-corrected chi connectivity index (χ4v) is 1.84. The smallest absolute Gasteiger partial charge is 0.248 e. The summed E-state index contributed by atoms with van der Waals surface area (Å²) in [6, 6.07) is 7.66. The minimum atomic E-state index is -0.290. The molecule has 4 nitrogen and oxygen atoms in total. The topological polar surface area (TPSA) is 58.2 Å². The summed E-state index contributed by atoms with van der Waals surface area (Å²) >= 11 is 4.73. The van der Waals surface area contributed by atoms with Crippen LogP contribution in [0.3, 0.4) is 0 Å². The van der Waals surface area contributed by atoms with E-state index in [0.29, 0.717) is 0 Å². The Morgan fingerprint density at radius 2 is 1.88 bits per heavy atom. The van der Waals surface area contributed by atoms with Gasteiger partial charge >= 0.3 is 0 Å². The number of amides is 2. The second-order valence-electron chi connectivity index (χ2n) is 2.97. The van der Waals surface area contributed by atoms with Crippen molar-refractivity contribution < 1.29 is 9.59 Å². The summed E-state index contributed by atoms with van der Waals surface area (Å²) < 4.78 is 1.000. The van der Waals surface area contributed by atoms with E-state index in [9.17, 15) is 9.59 Å². The van der Waals surface area contributed by atoms with Gasteiger partial charge in [0.1, 0.15) is 0 Å². The largest absolute Gasteiger partial charge is 0.274 e. The van der Waals surface area contributed by atoms with Crippen LogP contribution < -0.4 is 10.9 Å². The third kappa shape index (κ3) is 5.18. The molecule has 0 bridgehead atoms. The van der Waals surface area contributed by atoms with Crippen LogP contribution in [0.1, 0.15) is 6.92 Å². The molecule has 0 radical (unpaired) electrons. The van der Waals surface area contributed by atoms with Gasteiger partial charge in [-0.15, -0.1) is 11.8 Å². The number of rotatable bonds is 3. The van der Waals surface area contributed by atoms with Crippen molar-refractivity contribution in [1.29, 1.82) is 0 Å². The molecule has 6 heteroatoms. The van der Waals surface area contributed by atoms with Crippen molar-refractivity contribution in [3.63, 3.8) is 0 Å². The molecule has 16 heavy (non-hydrogen) atoms. The molecular weight excluding hydrogens is 292 g/mol. The molecular formula is C10H11BrN2O2S. The van der Waals surface area contributed by atoms with Gasteiger partial charge in [0.25, 0.3) is 0 Å². The lowest BCUT2D eigenvalue weighted by atomic mass is 10.4. The highest BCUT2D eigenvalue weighted by molar-refractivity contribution is 9.10. The van der Waals surface area contributed by atoms with Crippen LogP contribution in [0.5, 0.6) is 0 Å². The van der Waals surface area contributed by atoms with Crippen molar-refractivity contribution in [1.82, 2.24) is 10.9 Å². The lowest BCUT2D eigenvalue weighted by Gasteiger charge is -2.04. The lowest BCUT2D eigenvalue weighted by Crippen LogP contribution is -2.41. The summed E-state index contributed by atoms with van der Waals surface area (Å²) in [6.45, 7) is 1.34. The molecule has 0 atom stereocenters.